The van der Waals surface area contributed by atoms with Crippen molar-refractivity contribution in [2.45, 2.75) is 25.0 Å². The maximum Gasteiger partial charge on any atom is 0.274 e. The van der Waals surface area contributed by atoms with Crippen molar-refractivity contribution in [3.8, 4) is 11.7 Å². The van der Waals surface area contributed by atoms with Crippen molar-refractivity contribution in [1.29, 1.82) is 0 Å². The van der Waals surface area contributed by atoms with E-state index < -0.39 is 5.91 Å². The van der Waals surface area contributed by atoms with Crippen molar-refractivity contribution in [3.05, 3.63) is 62.3 Å². The first-order valence-corrected chi connectivity index (χ1v) is 13.2. The Labute approximate surface area is 217 Å². The third-order valence-corrected chi connectivity index (χ3v) is 7.56. The molecule has 8 nitrogen and oxygen atoms in total. The Morgan fingerprint density at radius 1 is 1.18 bits per heavy atom. The lowest BCUT2D eigenvalue weighted by Crippen LogP contribution is -2.31. The average molecular weight is 583 g/mol. The van der Waals surface area contributed by atoms with Crippen molar-refractivity contribution in [3.63, 3.8) is 0 Å². The number of amides is 2. The fraction of sp³-hybridized carbons (Fsp3) is 0.273. The number of thioether (sulfide) groups is 1. The quantitative estimate of drug-likeness (QED) is 0.408. The zero-order valence-electron chi connectivity index (χ0n) is 17.6. The van der Waals surface area contributed by atoms with Crippen LogP contribution in [0.1, 0.15) is 33.7 Å². The summed E-state index contributed by atoms with van der Waals surface area (Å²) in [5, 5.41) is 10.9. The molecule has 1 aliphatic heterocycles. The van der Waals surface area contributed by atoms with Gasteiger partial charge in [-0.15, -0.1) is 5.10 Å². The number of pyridine rings is 1. The van der Waals surface area contributed by atoms with Crippen LogP contribution >= 0.6 is 50.9 Å². The number of aromatic nitrogens is 3. The molecule has 2 aliphatic rings. The van der Waals surface area contributed by atoms with Crippen molar-refractivity contribution >= 4 is 68.4 Å². The van der Waals surface area contributed by atoms with Crippen molar-refractivity contribution < 1.29 is 14.3 Å². The van der Waals surface area contributed by atoms with Gasteiger partial charge in [-0.3, -0.25) is 9.59 Å². The van der Waals surface area contributed by atoms with Crippen LogP contribution in [0.15, 0.2) is 41.0 Å². The Hall–Kier alpha value is -2.27. The van der Waals surface area contributed by atoms with Gasteiger partial charge in [-0.25, -0.2) is 9.67 Å². The number of ether oxygens (including phenoxy) is 1. The van der Waals surface area contributed by atoms with Gasteiger partial charge < -0.3 is 15.4 Å². The lowest BCUT2D eigenvalue weighted by atomic mass is 10.1. The first kappa shape index (κ1) is 23.5. The molecule has 1 saturated heterocycles. The summed E-state index contributed by atoms with van der Waals surface area (Å²) in [6.45, 7) is 0. The standard InChI is InChI=1S/C22H18BrCl2N5O3S/c23-15-7-11(24)6-14(21(31)27-12-3-4-12)19(15)28-22(32)17-8-18(33-13-9-34-10-13)29-30(17)20-16(25)2-1-5-26-20/h1-2,5-8,12-13H,3-4,9-10H2,(H,27,31)(H,28,32). The number of nitrogens with zero attached hydrogens (tertiary/aromatic N) is 3. The molecular formula is C22H18BrCl2N5O3S. The second-order valence-corrected chi connectivity index (χ2v) is 10.7. The first-order valence-electron chi connectivity index (χ1n) is 10.5. The zero-order valence-corrected chi connectivity index (χ0v) is 21.5. The molecule has 5 rings (SSSR count). The van der Waals surface area contributed by atoms with E-state index in [9.17, 15) is 9.59 Å². The maximum absolute atomic E-state index is 13.5. The summed E-state index contributed by atoms with van der Waals surface area (Å²) in [4.78, 5) is 30.6. The molecule has 176 valence electrons. The minimum absolute atomic E-state index is 0.0339. The van der Waals surface area contributed by atoms with Gasteiger partial charge in [0.2, 0.25) is 5.88 Å². The molecule has 0 spiro atoms. The largest absolute Gasteiger partial charge is 0.472 e. The van der Waals surface area contributed by atoms with Crippen LogP contribution in [0, 0.1) is 0 Å². The summed E-state index contributed by atoms with van der Waals surface area (Å²) >= 11 is 17.7. The number of halogens is 3. The van der Waals surface area contributed by atoms with Gasteiger partial charge in [0.15, 0.2) is 5.82 Å². The van der Waals surface area contributed by atoms with Crippen LogP contribution < -0.4 is 15.4 Å². The molecule has 12 heteroatoms. The topological polar surface area (TPSA) is 98.1 Å². The second-order valence-electron chi connectivity index (χ2n) is 7.88. The Kier molecular flexibility index (Phi) is 6.74. The lowest BCUT2D eigenvalue weighted by Gasteiger charge is -2.24. The molecule has 0 atom stereocenters. The van der Waals surface area contributed by atoms with Crippen molar-refractivity contribution in [2.75, 3.05) is 16.8 Å². The molecule has 34 heavy (non-hydrogen) atoms. The lowest BCUT2D eigenvalue weighted by molar-refractivity contribution is 0.0952. The van der Waals surface area contributed by atoms with Gasteiger partial charge in [-0.1, -0.05) is 23.2 Å². The van der Waals surface area contributed by atoms with Gasteiger partial charge >= 0.3 is 0 Å². The SMILES string of the molecule is O=C(NC1CC1)c1cc(Cl)cc(Br)c1NC(=O)c1cc(OC2CSC2)nn1-c1ncccc1Cl. The Morgan fingerprint density at radius 2 is 1.97 bits per heavy atom. The third kappa shape index (κ3) is 5.05. The molecule has 0 unspecified atom stereocenters. The highest BCUT2D eigenvalue weighted by molar-refractivity contribution is 9.10. The van der Waals surface area contributed by atoms with Gasteiger partial charge in [0.1, 0.15) is 11.8 Å². The number of nitrogens with one attached hydrogen (secondary N) is 2. The zero-order chi connectivity index (χ0) is 23.8. The van der Waals surface area contributed by atoms with Crippen LogP contribution in [-0.4, -0.2) is 50.2 Å². The first-order chi connectivity index (χ1) is 16.4. The van der Waals surface area contributed by atoms with Gasteiger partial charge in [0.25, 0.3) is 11.8 Å². The fourth-order valence-electron chi connectivity index (χ4n) is 3.27. The number of benzene rings is 1. The monoisotopic (exact) mass is 581 g/mol. The third-order valence-electron chi connectivity index (χ3n) is 5.20. The van der Waals surface area contributed by atoms with Gasteiger partial charge in [0, 0.05) is 39.3 Å². The number of hydrogen-bond acceptors (Lipinski definition) is 6. The number of carbonyl (C=O) groups is 2. The molecule has 1 saturated carbocycles. The van der Waals surface area contributed by atoms with Crippen LogP contribution in [0.4, 0.5) is 5.69 Å². The summed E-state index contributed by atoms with van der Waals surface area (Å²) in [7, 11) is 0. The van der Waals surface area contributed by atoms with E-state index in [1.54, 1.807) is 36.2 Å². The Balaban J connectivity index is 1.50. The molecule has 2 fully saturated rings. The van der Waals surface area contributed by atoms with Gasteiger partial charge in [0.05, 0.1) is 16.3 Å². The average Bonchev–Trinajstić information content (AvgIpc) is 3.48. The van der Waals surface area contributed by atoms with E-state index in [2.05, 4.69) is 36.6 Å². The summed E-state index contributed by atoms with van der Waals surface area (Å²) in [6, 6.07) is 8.17. The van der Waals surface area contributed by atoms with E-state index in [1.165, 1.54) is 16.8 Å². The molecule has 1 aromatic carbocycles. The van der Waals surface area contributed by atoms with Gasteiger partial charge in [-0.2, -0.15) is 11.8 Å². The highest BCUT2D eigenvalue weighted by Gasteiger charge is 2.28. The molecule has 2 amide bonds. The maximum atomic E-state index is 13.5. The van der Waals surface area contributed by atoms with E-state index in [-0.39, 0.29) is 35.1 Å². The number of rotatable bonds is 7. The van der Waals surface area contributed by atoms with E-state index in [0.29, 0.717) is 26.1 Å². The van der Waals surface area contributed by atoms with Crippen molar-refractivity contribution in [1.82, 2.24) is 20.1 Å². The van der Waals surface area contributed by atoms with E-state index in [0.717, 1.165) is 24.3 Å². The highest BCUT2D eigenvalue weighted by atomic mass is 79.9. The molecular weight excluding hydrogens is 565 g/mol. The van der Waals surface area contributed by atoms with E-state index in [4.69, 9.17) is 27.9 Å². The molecule has 3 aromatic rings. The van der Waals surface area contributed by atoms with Crippen LogP contribution in [0.25, 0.3) is 5.82 Å². The van der Waals surface area contributed by atoms with Crippen LogP contribution in [0.3, 0.4) is 0 Å². The van der Waals surface area contributed by atoms with E-state index >= 15 is 0 Å². The summed E-state index contributed by atoms with van der Waals surface area (Å²) in [6.07, 6.45) is 3.46. The number of hydrogen-bond donors (Lipinski definition) is 2. The minimum atomic E-state index is -0.518. The van der Waals surface area contributed by atoms with E-state index in [1.807, 2.05) is 0 Å². The Bertz CT molecular complexity index is 1280. The normalized spacial score (nSPS) is 15.5. The summed E-state index contributed by atoms with van der Waals surface area (Å²) in [5.74, 6) is 1.46. The number of anilines is 1. The number of carbonyl (C=O) groups excluding carboxylic acids is 2. The predicted molar refractivity (Wildman–Crippen MR) is 136 cm³/mol. The summed E-state index contributed by atoms with van der Waals surface area (Å²) < 4.78 is 7.70. The minimum Gasteiger partial charge on any atom is -0.472 e. The smallest absolute Gasteiger partial charge is 0.274 e. The van der Waals surface area contributed by atoms with Crippen LogP contribution in [0.5, 0.6) is 5.88 Å². The van der Waals surface area contributed by atoms with Gasteiger partial charge in [-0.05, 0) is 53.0 Å². The molecule has 3 heterocycles. The molecule has 2 aromatic heterocycles. The molecule has 2 N–H and O–H groups in total. The van der Waals surface area contributed by atoms with Crippen molar-refractivity contribution in [2.24, 2.45) is 0 Å². The molecule has 1 aliphatic carbocycles. The molecule has 0 radical (unpaired) electrons. The Morgan fingerprint density at radius 3 is 2.65 bits per heavy atom. The second kappa shape index (κ2) is 9.77. The highest BCUT2D eigenvalue weighted by Crippen LogP contribution is 2.33. The van der Waals surface area contributed by atoms with Crippen LogP contribution in [0.2, 0.25) is 10.0 Å². The summed E-state index contributed by atoms with van der Waals surface area (Å²) in [5.41, 5.74) is 0.702. The van der Waals surface area contributed by atoms with Crippen LogP contribution in [-0.2, 0) is 0 Å². The predicted octanol–water partition coefficient (Wildman–Crippen LogP) is 4.98. The fourth-order valence-corrected chi connectivity index (χ4v) is 4.95. The molecule has 0 bridgehead atoms.